The number of rotatable bonds is 5. The van der Waals surface area contributed by atoms with E-state index in [0.29, 0.717) is 38.9 Å². The molecule has 0 fully saturated rings. The first-order chi connectivity index (χ1) is 13.6. The summed E-state index contributed by atoms with van der Waals surface area (Å²) < 4.78 is 27.4. The summed E-state index contributed by atoms with van der Waals surface area (Å²) in [7, 11) is 3.16. The molecule has 0 saturated heterocycles. The SMILES string of the molecule is COc1ccc(-c2cc3nccn3c(Nc3ccc(Br)cc3F)n2)cc1OC. The maximum atomic E-state index is 14.3. The number of hydrogen-bond acceptors (Lipinski definition) is 5. The molecule has 28 heavy (non-hydrogen) atoms. The number of imidazole rings is 1. The topological polar surface area (TPSA) is 60.7 Å². The minimum atomic E-state index is -0.388. The Bertz CT molecular complexity index is 1160. The predicted octanol–water partition coefficient (Wildman–Crippen LogP) is 5.06. The van der Waals surface area contributed by atoms with Gasteiger partial charge in [0, 0.05) is 28.5 Å². The quantitative estimate of drug-likeness (QED) is 0.468. The van der Waals surface area contributed by atoms with Crippen LogP contribution in [-0.2, 0) is 0 Å². The lowest BCUT2D eigenvalue weighted by Crippen LogP contribution is -2.04. The van der Waals surface area contributed by atoms with Gasteiger partial charge in [-0.2, -0.15) is 0 Å². The molecule has 0 saturated carbocycles. The van der Waals surface area contributed by atoms with Gasteiger partial charge in [0.15, 0.2) is 11.5 Å². The highest BCUT2D eigenvalue weighted by atomic mass is 79.9. The molecule has 0 spiro atoms. The largest absolute Gasteiger partial charge is 0.493 e. The summed E-state index contributed by atoms with van der Waals surface area (Å²) in [6, 6.07) is 12.2. The highest BCUT2D eigenvalue weighted by molar-refractivity contribution is 9.10. The number of halogens is 2. The number of benzene rings is 2. The Kier molecular flexibility index (Phi) is 4.87. The molecule has 2 aromatic carbocycles. The molecule has 8 heteroatoms. The normalized spacial score (nSPS) is 10.9. The Hall–Kier alpha value is -3.13. The van der Waals surface area contributed by atoms with Gasteiger partial charge in [-0.15, -0.1) is 0 Å². The molecular weight excluding hydrogens is 427 g/mol. The van der Waals surface area contributed by atoms with Gasteiger partial charge in [-0.25, -0.2) is 14.4 Å². The predicted molar refractivity (Wildman–Crippen MR) is 109 cm³/mol. The van der Waals surface area contributed by atoms with Crippen LogP contribution in [0.4, 0.5) is 16.0 Å². The van der Waals surface area contributed by atoms with Crippen LogP contribution in [0.2, 0.25) is 0 Å². The standard InChI is InChI=1S/C20H16BrFN4O2/c1-27-17-6-3-12(9-18(17)28-2)16-11-19-23-7-8-26(19)20(25-16)24-15-5-4-13(21)10-14(15)22/h3-11H,1-2H3,(H,24,25). The van der Waals surface area contributed by atoms with E-state index in [-0.39, 0.29) is 5.82 Å². The second-order valence-corrected chi connectivity index (χ2v) is 6.86. The molecule has 4 rings (SSSR count). The number of nitrogens with one attached hydrogen (secondary N) is 1. The molecule has 0 aliphatic rings. The van der Waals surface area contributed by atoms with Crippen molar-refractivity contribution in [1.82, 2.24) is 14.4 Å². The molecule has 142 valence electrons. The van der Waals surface area contributed by atoms with E-state index in [1.807, 2.05) is 24.3 Å². The first kappa shape index (κ1) is 18.2. The summed E-state index contributed by atoms with van der Waals surface area (Å²) in [6.45, 7) is 0. The van der Waals surface area contributed by atoms with E-state index in [2.05, 4.69) is 31.2 Å². The van der Waals surface area contributed by atoms with Crippen LogP contribution in [0.1, 0.15) is 0 Å². The van der Waals surface area contributed by atoms with Crippen LogP contribution in [0.15, 0.2) is 59.3 Å². The fourth-order valence-corrected chi connectivity index (χ4v) is 3.20. The number of ether oxygens (including phenoxy) is 2. The molecule has 0 radical (unpaired) electrons. The second kappa shape index (κ2) is 7.47. The monoisotopic (exact) mass is 442 g/mol. The van der Waals surface area contributed by atoms with Crippen LogP contribution in [0.5, 0.6) is 11.5 Å². The molecule has 6 nitrogen and oxygen atoms in total. The van der Waals surface area contributed by atoms with E-state index in [4.69, 9.17) is 9.47 Å². The molecule has 4 aromatic rings. The van der Waals surface area contributed by atoms with Crippen LogP contribution in [0.25, 0.3) is 16.9 Å². The van der Waals surface area contributed by atoms with Crippen molar-refractivity contribution in [1.29, 1.82) is 0 Å². The van der Waals surface area contributed by atoms with Crippen LogP contribution < -0.4 is 14.8 Å². The maximum absolute atomic E-state index is 14.3. The third-order valence-electron chi connectivity index (χ3n) is 4.25. The van der Waals surface area contributed by atoms with Gasteiger partial charge < -0.3 is 14.8 Å². The lowest BCUT2D eigenvalue weighted by Gasteiger charge is -2.13. The number of anilines is 2. The second-order valence-electron chi connectivity index (χ2n) is 5.94. The molecule has 2 aromatic heterocycles. The Morgan fingerprint density at radius 1 is 1.04 bits per heavy atom. The van der Waals surface area contributed by atoms with Crippen molar-refractivity contribution in [2.45, 2.75) is 0 Å². The summed E-state index contributed by atoms with van der Waals surface area (Å²) in [5.41, 5.74) is 2.48. The van der Waals surface area contributed by atoms with E-state index in [1.165, 1.54) is 6.07 Å². The van der Waals surface area contributed by atoms with Gasteiger partial charge in [-0.3, -0.25) is 4.40 Å². The minimum absolute atomic E-state index is 0.315. The molecule has 0 aliphatic carbocycles. The first-order valence-corrected chi connectivity index (χ1v) is 9.17. The molecule has 0 atom stereocenters. The molecular formula is C20H16BrFN4O2. The van der Waals surface area contributed by atoms with Gasteiger partial charge in [0.2, 0.25) is 5.95 Å². The van der Waals surface area contributed by atoms with Gasteiger partial charge in [-0.1, -0.05) is 15.9 Å². The van der Waals surface area contributed by atoms with Crippen molar-refractivity contribution in [3.8, 4) is 22.8 Å². The summed E-state index contributed by atoms with van der Waals surface area (Å²) in [5.74, 6) is 1.28. The number of nitrogens with zero attached hydrogens (tertiary/aromatic N) is 3. The summed E-state index contributed by atoms with van der Waals surface area (Å²) in [5, 5.41) is 3.05. The Balaban J connectivity index is 1.81. The van der Waals surface area contributed by atoms with Crippen molar-refractivity contribution < 1.29 is 13.9 Å². The maximum Gasteiger partial charge on any atom is 0.213 e. The third-order valence-corrected chi connectivity index (χ3v) is 4.74. The average Bonchev–Trinajstić information content (AvgIpc) is 3.18. The number of methoxy groups -OCH3 is 2. The lowest BCUT2D eigenvalue weighted by molar-refractivity contribution is 0.355. The fourth-order valence-electron chi connectivity index (χ4n) is 2.87. The van der Waals surface area contributed by atoms with Crippen LogP contribution in [0.3, 0.4) is 0 Å². The molecule has 0 unspecified atom stereocenters. The lowest BCUT2D eigenvalue weighted by atomic mass is 10.1. The minimum Gasteiger partial charge on any atom is -0.493 e. The zero-order chi connectivity index (χ0) is 19.7. The van der Waals surface area contributed by atoms with Gasteiger partial charge >= 0.3 is 0 Å². The van der Waals surface area contributed by atoms with E-state index < -0.39 is 0 Å². The van der Waals surface area contributed by atoms with Gasteiger partial charge in [0.1, 0.15) is 11.5 Å². The van der Waals surface area contributed by atoms with E-state index >= 15 is 0 Å². The van der Waals surface area contributed by atoms with Crippen molar-refractivity contribution in [3.05, 3.63) is 65.1 Å². The van der Waals surface area contributed by atoms with Crippen LogP contribution in [0, 0.1) is 5.82 Å². The zero-order valence-corrected chi connectivity index (χ0v) is 16.7. The van der Waals surface area contributed by atoms with Crippen molar-refractivity contribution in [2.75, 3.05) is 19.5 Å². The van der Waals surface area contributed by atoms with Crippen LogP contribution in [-0.4, -0.2) is 28.6 Å². The number of hydrogen-bond donors (Lipinski definition) is 1. The smallest absolute Gasteiger partial charge is 0.213 e. The average molecular weight is 443 g/mol. The Morgan fingerprint density at radius 2 is 1.86 bits per heavy atom. The number of aromatic nitrogens is 3. The van der Waals surface area contributed by atoms with Gasteiger partial charge in [0.05, 0.1) is 25.6 Å². The highest BCUT2D eigenvalue weighted by Crippen LogP contribution is 2.33. The molecule has 2 heterocycles. The molecule has 0 amide bonds. The van der Waals surface area contributed by atoms with Gasteiger partial charge in [0.25, 0.3) is 0 Å². The summed E-state index contributed by atoms with van der Waals surface area (Å²) >= 11 is 3.26. The summed E-state index contributed by atoms with van der Waals surface area (Å²) in [6.07, 6.45) is 3.43. The fraction of sp³-hybridized carbons (Fsp3) is 0.100. The zero-order valence-electron chi connectivity index (χ0n) is 15.1. The Morgan fingerprint density at radius 3 is 2.61 bits per heavy atom. The molecule has 0 aliphatic heterocycles. The molecule has 0 bridgehead atoms. The number of fused-ring (bicyclic) bond motifs is 1. The summed E-state index contributed by atoms with van der Waals surface area (Å²) in [4.78, 5) is 9.02. The van der Waals surface area contributed by atoms with E-state index in [0.717, 1.165) is 5.56 Å². The van der Waals surface area contributed by atoms with Gasteiger partial charge in [-0.05, 0) is 36.4 Å². The van der Waals surface area contributed by atoms with Crippen molar-refractivity contribution >= 4 is 33.2 Å². The molecule has 1 N–H and O–H groups in total. The van der Waals surface area contributed by atoms with Crippen molar-refractivity contribution in [2.24, 2.45) is 0 Å². The third kappa shape index (κ3) is 3.38. The van der Waals surface area contributed by atoms with Crippen LogP contribution >= 0.6 is 15.9 Å². The first-order valence-electron chi connectivity index (χ1n) is 8.37. The van der Waals surface area contributed by atoms with E-state index in [9.17, 15) is 4.39 Å². The highest BCUT2D eigenvalue weighted by Gasteiger charge is 2.13. The van der Waals surface area contributed by atoms with E-state index in [1.54, 1.807) is 43.1 Å². The Labute approximate surface area is 169 Å². The van der Waals surface area contributed by atoms with Crippen molar-refractivity contribution in [3.63, 3.8) is 0 Å².